The Morgan fingerprint density at radius 1 is 1.36 bits per heavy atom. The monoisotopic (exact) mass is 303 g/mol. The minimum absolute atomic E-state index is 0.0315. The smallest absolute Gasteiger partial charge is 0.352 e. The fourth-order valence-electron chi connectivity index (χ4n) is 3.28. The van der Waals surface area contributed by atoms with Crippen molar-refractivity contribution in [2.24, 2.45) is 5.92 Å². The second-order valence-corrected chi connectivity index (χ2v) is 6.50. The topological polar surface area (TPSA) is 76.6 Å². The van der Waals surface area contributed by atoms with Crippen LogP contribution >= 0.6 is 0 Å². The molecule has 2 heterocycles. The number of carboxylic acids is 1. The summed E-state index contributed by atoms with van der Waals surface area (Å²) in [5, 5.41) is 13.8. The van der Waals surface area contributed by atoms with Gasteiger partial charge in [-0.15, -0.1) is 0 Å². The van der Waals surface area contributed by atoms with Crippen molar-refractivity contribution >= 4 is 11.6 Å². The van der Waals surface area contributed by atoms with Crippen molar-refractivity contribution in [3.05, 3.63) is 33.9 Å². The molecule has 6 nitrogen and oxygen atoms in total. The lowest BCUT2D eigenvalue weighted by atomic mass is 10.0. The Labute approximate surface area is 128 Å². The number of hydrogen-bond donors (Lipinski definition) is 1. The van der Waals surface area contributed by atoms with Crippen LogP contribution in [0.2, 0.25) is 0 Å². The molecule has 6 heteroatoms. The molecule has 0 bridgehead atoms. The first kappa shape index (κ1) is 14.8. The summed E-state index contributed by atoms with van der Waals surface area (Å²) in [6.45, 7) is 4.59. The van der Waals surface area contributed by atoms with Crippen LogP contribution in [0.5, 0.6) is 0 Å². The Kier molecular flexibility index (Phi) is 3.76. The lowest BCUT2D eigenvalue weighted by molar-refractivity contribution is 0.0683. The van der Waals surface area contributed by atoms with Gasteiger partial charge >= 0.3 is 5.97 Å². The molecular formula is C16H21N3O3. The first-order valence-electron chi connectivity index (χ1n) is 7.84. The zero-order chi connectivity index (χ0) is 15.9. The molecule has 1 aliphatic rings. The highest BCUT2D eigenvalue weighted by atomic mass is 16.4. The molecule has 22 heavy (non-hydrogen) atoms. The van der Waals surface area contributed by atoms with Gasteiger partial charge in [-0.05, 0) is 18.8 Å². The molecule has 2 aromatic rings. The van der Waals surface area contributed by atoms with Crippen LogP contribution in [0.4, 0.5) is 0 Å². The van der Waals surface area contributed by atoms with Gasteiger partial charge in [0.05, 0.1) is 5.69 Å². The zero-order valence-electron chi connectivity index (χ0n) is 13.0. The number of rotatable bonds is 4. The van der Waals surface area contributed by atoms with E-state index in [1.165, 1.54) is 23.4 Å². The number of fused-ring (bicyclic) bond motifs is 1. The van der Waals surface area contributed by atoms with E-state index in [0.717, 1.165) is 18.5 Å². The minimum atomic E-state index is -1.08. The normalized spacial score (nSPS) is 16.0. The molecule has 1 N–H and O–H groups in total. The number of aromatic carboxylic acids is 1. The third-order valence-corrected chi connectivity index (χ3v) is 4.29. The molecule has 0 unspecified atom stereocenters. The SMILES string of the molecule is CC(C)Cn1c(C(=O)O)cc(=O)n2nc(C3CCCC3)cc12. The van der Waals surface area contributed by atoms with Gasteiger partial charge in [-0.1, -0.05) is 26.7 Å². The largest absolute Gasteiger partial charge is 0.477 e. The van der Waals surface area contributed by atoms with E-state index in [0.29, 0.717) is 18.1 Å². The predicted molar refractivity (Wildman–Crippen MR) is 82.5 cm³/mol. The number of carboxylic acid groups (broad SMARTS) is 1. The average molecular weight is 303 g/mol. The van der Waals surface area contributed by atoms with E-state index in [-0.39, 0.29) is 17.2 Å². The first-order valence-corrected chi connectivity index (χ1v) is 7.84. The van der Waals surface area contributed by atoms with Crippen LogP contribution in [-0.2, 0) is 6.54 Å². The van der Waals surface area contributed by atoms with E-state index in [1.54, 1.807) is 4.57 Å². The van der Waals surface area contributed by atoms with E-state index < -0.39 is 5.97 Å². The highest BCUT2D eigenvalue weighted by Gasteiger charge is 2.23. The van der Waals surface area contributed by atoms with Crippen LogP contribution in [-0.4, -0.2) is 25.3 Å². The maximum Gasteiger partial charge on any atom is 0.352 e. The van der Waals surface area contributed by atoms with Gasteiger partial charge in [-0.2, -0.15) is 9.61 Å². The molecular weight excluding hydrogens is 282 g/mol. The van der Waals surface area contributed by atoms with E-state index in [1.807, 2.05) is 19.9 Å². The summed E-state index contributed by atoms with van der Waals surface area (Å²) in [7, 11) is 0. The summed E-state index contributed by atoms with van der Waals surface area (Å²) in [6.07, 6.45) is 4.56. The van der Waals surface area contributed by atoms with Gasteiger partial charge in [0.25, 0.3) is 5.56 Å². The van der Waals surface area contributed by atoms with Crippen molar-refractivity contribution in [1.29, 1.82) is 0 Å². The highest BCUT2D eigenvalue weighted by Crippen LogP contribution is 2.33. The third kappa shape index (κ3) is 2.53. The molecule has 0 atom stereocenters. The number of aromatic nitrogens is 3. The molecule has 0 amide bonds. The van der Waals surface area contributed by atoms with Gasteiger partial charge in [-0.3, -0.25) is 4.79 Å². The number of nitrogens with zero attached hydrogens (tertiary/aromatic N) is 3. The Hall–Kier alpha value is -2.11. The lowest BCUT2D eigenvalue weighted by Gasteiger charge is -2.14. The Morgan fingerprint density at radius 2 is 2.05 bits per heavy atom. The highest BCUT2D eigenvalue weighted by molar-refractivity contribution is 5.86. The quantitative estimate of drug-likeness (QED) is 0.941. The minimum Gasteiger partial charge on any atom is -0.477 e. The summed E-state index contributed by atoms with van der Waals surface area (Å²) in [5.41, 5.74) is 1.15. The molecule has 0 radical (unpaired) electrons. The van der Waals surface area contributed by atoms with Crippen LogP contribution in [0.3, 0.4) is 0 Å². The molecule has 118 valence electrons. The Balaban J connectivity index is 2.21. The van der Waals surface area contributed by atoms with E-state index in [9.17, 15) is 14.7 Å². The van der Waals surface area contributed by atoms with Crippen molar-refractivity contribution in [2.45, 2.75) is 52.0 Å². The zero-order valence-corrected chi connectivity index (χ0v) is 13.0. The fourth-order valence-corrected chi connectivity index (χ4v) is 3.28. The predicted octanol–water partition coefficient (Wildman–Crippen LogP) is 2.51. The van der Waals surface area contributed by atoms with E-state index >= 15 is 0 Å². The number of hydrogen-bond acceptors (Lipinski definition) is 3. The molecule has 1 fully saturated rings. The van der Waals surface area contributed by atoms with Crippen molar-refractivity contribution in [1.82, 2.24) is 14.2 Å². The Morgan fingerprint density at radius 3 is 2.64 bits per heavy atom. The molecule has 0 aliphatic heterocycles. The van der Waals surface area contributed by atoms with Crippen LogP contribution in [0.1, 0.15) is 61.6 Å². The van der Waals surface area contributed by atoms with Gasteiger partial charge in [0.15, 0.2) is 0 Å². The van der Waals surface area contributed by atoms with Crippen LogP contribution in [0.25, 0.3) is 5.65 Å². The van der Waals surface area contributed by atoms with Gasteiger partial charge < -0.3 is 9.67 Å². The molecule has 3 rings (SSSR count). The molecule has 0 spiro atoms. The van der Waals surface area contributed by atoms with Crippen molar-refractivity contribution in [3.63, 3.8) is 0 Å². The van der Waals surface area contributed by atoms with Crippen LogP contribution < -0.4 is 5.56 Å². The maximum absolute atomic E-state index is 12.2. The van der Waals surface area contributed by atoms with Crippen LogP contribution in [0, 0.1) is 5.92 Å². The lowest BCUT2D eigenvalue weighted by Crippen LogP contribution is -2.24. The molecule has 2 aromatic heterocycles. The van der Waals surface area contributed by atoms with Crippen molar-refractivity contribution < 1.29 is 9.90 Å². The maximum atomic E-state index is 12.2. The summed E-state index contributed by atoms with van der Waals surface area (Å²) in [6, 6.07) is 3.06. The second-order valence-electron chi connectivity index (χ2n) is 6.50. The summed E-state index contributed by atoms with van der Waals surface area (Å²) in [4.78, 5) is 23.7. The summed E-state index contributed by atoms with van der Waals surface area (Å²) >= 11 is 0. The third-order valence-electron chi connectivity index (χ3n) is 4.29. The van der Waals surface area contributed by atoms with E-state index in [2.05, 4.69) is 5.10 Å². The second kappa shape index (κ2) is 5.59. The molecule has 0 saturated heterocycles. The van der Waals surface area contributed by atoms with Gasteiger partial charge in [0.1, 0.15) is 11.3 Å². The van der Waals surface area contributed by atoms with Gasteiger partial charge in [0.2, 0.25) is 0 Å². The number of carbonyl (C=O) groups is 1. The first-order chi connectivity index (χ1) is 10.5. The summed E-state index contributed by atoms with van der Waals surface area (Å²) in [5.74, 6) is -0.418. The van der Waals surface area contributed by atoms with E-state index in [4.69, 9.17) is 0 Å². The molecule has 1 aliphatic carbocycles. The molecule has 1 saturated carbocycles. The molecule has 0 aromatic carbocycles. The van der Waals surface area contributed by atoms with Gasteiger partial charge in [-0.25, -0.2) is 4.79 Å². The fraction of sp³-hybridized carbons (Fsp3) is 0.562. The standard InChI is InChI=1S/C16H21N3O3/c1-10(2)9-18-13(16(21)22)8-15(20)19-14(18)7-12(17-19)11-5-3-4-6-11/h7-8,10-11H,3-6,9H2,1-2H3,(H,21,22). The summed E-state index contributed by atoms with van der Waals surface area (Å²) < 4.78 is 3.04. The van der Waals surface area contributed by atoms with Crippen molar-refractivity contribution in [3.8, 4) is 0 Å². The Bertz CT molecular complexity index is 767. The van der Waals surface area contributed by atoms with Gasteiger partial charge in [0, 0.05) is 24.6 Å². The van der Waals surface area contributed by atoms with Crippen LogP contribution in [0.15, 0.2) is 16.9 Å². The van der Waals surface area contributed by atoms with Crippen molar-refractivity contribution in [2.75, 3.05) is 0 Å². The average Bonchev–Trinajstić information content (AvgIpc) is 3.08.